The summed E-state index contributed by atoms with van der Waals surface area (Å²) < 4.78 is 7.82. The fourth-order valence-electron chi connectivity index (χ4n) is 5.52. The molecule has 2 aromatic carbocycles. The lowest BCUT2D eigenvalue weighted by molar-refractivity contribution is 0.0659. The molecule has 1 spiro atoms. The van der Waals surface area contributed by atoms with Gasteiger partial charge in [-0.25, -0.2) is 0 Å². The first-order valence-corrected chi connectivity index (χ1v) is 12.1. The van der Waals surface area contributed by atoms with E-state index in [1.165, 1.54) is 35.5 Å². The second-order valence-electron chi connectivity index (χ2n) is 9.30. The molecule has 0 atom stereocenters. The molecule has 2 aliphatic rings. The van der Waals surface area contributed by atoms with Crippen LogP contribution in [0, 0.1) is 0 Å². The van der Waals surface area contributed by atoms with Gasteiger partial charge in [0.25, 0.3) is 5.91 Å². The smallest absolute Gasteiger partial charge is 0.253 e. The van der Waals surface area contributed by atoms with Gasteiger partial charge >= 0.3 is 0 Å². The molecule has 1 amide bonds. The molecule has 0 radical (unpaired) electrons. The number of methoxy groups -OCH3 is 1. The summed E-state index contributed by atoms with van der Waals surface area (Å²) in [6.07, 6.45) is 7.38. The van der Waals surface area contributed by atoms with Crippen LogP contribution in [-0.4, -0.2) is 42.6 Å². The highest BCUT2D eigenvalue weighted by Gasteiger charge is 2.46. The predicted octanol–water partition coefficient (Wildman–Crippen LogP) is 5.41. The zero-order valence-corrected chi connectivity index (χ0v) is 19.9. The number of amides is 1. The maximum Gasteiger partial charge on any atom is 0.253 e. The summed E-state index contributed by atoms with van der Waals surface area (Å²) in [7, 11) is 3.89. The number of aromatic nitrogens is 1. The third kappa shape index (κ3) is 3.60. The Labute approximate surface area is 196 Å². The van der Waals surface area contributed by atoms with Gasteiger partial charge in [0.05, 0.1) is 24.0 Å². The molecule has 1 aromatic heterocycles. The number of ether oxygens (including phenoxy) is 1. The van der Waals surface area contributed by atoms with Gasteiger partial charge < -0.3 is 19.1 Å². The van der Waals surface area contributed by atoms with E-state index in [-0.39, 0.29) is 11.4 Å². The van der Waals surface area contributed by atoms with Crippen molar-refractivity contribution in [2.45, 2.75) is 44.6 Å². The molecular formula is C28H33N3O2. The highest BCUT2D eigenvalue weighted by Crippen LogP contribution is 2.48. The molecule has 0 N–H and O–H groups in total. The van der Waals surface area contributed by atoms with Gasteiger partial charge in [0.2, 0.25) is 0 Å². The molecule has 0 aliphatic carbocycles. The Bertz CT molecular complexity index is 1140. The Kier molecular flexibility index (Phi) is 5.65. The molecule has 5 heteroatoms. The molecule has 3 heterocycles. The number of anilines is 1. The fraction of sp³-hybridized carbons (Fsp3) is 0.393. The van der Waals surface area contributed by atoms with E-state index in [0.717, 1.165) is 43.7 Å². The second-order valence-corrected chi connectivity index (χ2v) is 9.30. The fourth-order valence-corrected chi connectivity index (χ4v) is 5.52. The summed E-state index contributed by atoms with van der Waals surface area (Å²) in [5.74, 6) is 1.00. The van der Waals surface area contributed by atoms with E-state index in [0.29, 0.717) is 0 Å². The Balaban J connectivity index is 1.37. The summed E-state index contributed by atoms with van der Waals surface area (Å²) in [5, 5.41) is 0. The van der Waals surface area contributed by atoms with Crippen molar-refractivity contribution in [1.82, 2.24) is 9.47 Å². The minimum absolute atomic E-state index is 0.135. The number of carbonyl (C=O) groups is 1. The van der Waals surface area contributed by atoms with Crippen molar-refractivity contribution in [1.29, 1.82) is 0 Å². The number of benzene rings is 2. The number of nitrogens with zero attached hydrogens (tertiary/aromatic N) is 3. The molecular weight excluding hydrogens is 410 g/mol. The Morgan fingerprint density at radius 3 is 2.48 bits per heavy atom. The van der Waals surface area contributed by atoms with Crippen LogP contribution < -0.4 is 9.64 Å². The zero-order chi connectivity index (χ0) is 23.0. The Morgan fingerprint density at radius 2 is 1.79 bits per heavy atom. The van der Waals surface area contributed by atoms with E-state index in [1.54, 1.807) is 7.11 Å². The molecule has 3 aromatic rings. The third-order valence-corrected chi connectivity index (χ3v) is 7.57. The Hall–Kier alpha value is -3.21. The van der Waals surface area contributed by atoms with Crippen LogP contribution in [0.1, 0.15) is 54.2 Å². The van der Waals surface area contributed by atoms with Crippen LogP contribution >= 0.6 is 0 Å². The predicted molar refractivity (Wildman–Crippen MR) is 133 cm³/mol. The Morgan fingerprint density at radius 1 is 1.03 bits per heavy atom. The van der Waals surface area contributed by atoms with Gasteiger partial charge in [0.1, 0.15) is 5.75 Å². The summed E-state index contributed by atoms with van der Waals surface area (Å²) in [5.41, 5.74) is 5.61. The first-order chi connectivity index (χ1) is 16.1. The molecule has 1 fully saturated rings. The molecule has 0 saturated carbocycles. The van der Waals surface area contributed by atoms with Gasteiger partial charge in [-0.05, 0) is 67.6 Å². The topological polar surface area (TPSA) is 37.7 Å². The molecule has 1 saturated heterocycles. The first kappa shape index (κ1) is 21.6. The van der Waals surface area contributed by atoms with Crippen molar-refractivity contribution < 1.29 is 9.53 Å². The highest BCUT2D eigenvalue weighted by molar-refractivity contribution is 5.94. The van der Waals surface area contributed by atoms with Gasteiger partial charge in [0, 0.05) is 43.7 Å². The third-order valence-electron chi connectivity index (χ3n) is 7.57. The van der Waals surface area contributed by atoms with Gasteiger partial charge in [-0.1, -0.05) is 25.5 Å². The molecule has 33 heavy (non-hydrogen) atoms. The standard InChI is InChI=1S/C28H33N3O2/c1-4-5-7-21-9-11-22(12-10-21)27(32)30-18-15-28(16-19-30)26-8-6-17-31(26)24-14-13-23(33-3)20-25(24)29(28)2/h6,8-14,17,20H,4-5,7,15-16,18-19H2,1-3H3. The monoisotopic (exact) mass is 443 g/mol. The average molecular weight is 444 g/mol. The van der Waals surface area contributed by atoms with Crippen LogP contribution in [0.5, 0.6) is 5.75 Å². The minimum Gasteiger partial charge on any atom is -0.497 e. The van der Waals surface area contributed by atoms with Crippen molar-refractivity contribution in [2.24, 2.45) is 0 Å². The highest BCUT2D eigenvalue weighted by atomic mass is 16.5. The van der Waals surface area contributed by atoms with Crippen LogP contribution in [0.15, 0.2) is 60.8 Å². The lowest BCUT2D eigenvalue weighted by Crippen LogP contribution is -2.55. The van der Waals surface area contributed by atoms with Crippen molar-refractivity contribution in [3.8, 4) is 11.4 Å². The van der Waals surface area contributed by atoms with Gasteiger partial charge in [-0.2, -0.15) is 0 Å². The molecule has 0 bridgehead atoms. The van der Waals surface area contributed by atoms with Crippen molar-refractivity contribution in [3.05, 3.63) is 77.6 Å². The number of piperidine rings is 1. The van der Waals surface area contributed by atoms with Crippen LogP contribution in [-0.2, 0) is 12.0 Å². The van der Waals surface area contributed by atoms with E-state index in [1.807, 2.05) is 23.1 Å². The molecule has 5 nitrogen and oxygen atoms in total. The quantitative estimate of drug-likeness (QED) is 0.529. The lowest BCUT2D eigenvalue weighted by atomic mass is 9.80. The van der Waals surface area contributed by atoms with Crippen molar-refractivity contribution in [3.63, 3.8) is 0 Å². The number of hydrogen-bond donors (Lipinski definition) is 0. The van der Waals surface area contributed by atoms with Gasteiger partial charge in [0.15, 0.2) is 0 Å². The van der Waals surface area contributed by atoms with Crippen LogP contribution in [0.2, 0.25) is 0 Å². The van der Waals surface area contributed by atoms with Crippen LogP contribution in [0.25, 0.3) is 5.69 Å². The number of unbranched alkanes of at least 4 members (excludes halogenated alkanes) is 1. The minimum atomic E-state index is -0.135. The number of hydrogen-bond acceptors (Lipinski definition) is 3. The summed E-state index contributed by atoms with van der Waals surface area (Å²) in [6.45, 7) is 3.69. The van der Waals surface area contributed by atoms with Crippen LogP contribution in [0.4, 0.5) is 5.69 Å². The maximum atomic E-state index is 13.2. The number of aryl methyl sites for hydroxylation is 1. The number of fused-ring (bicyclic) bond motifs is 4. The second kappa shape index (κ2) is 8.62. The molecule has 2 aliphatic heterocycles. The van der Waals surface area contributed by atoms with E-state index in [9.17, 15) is 4.79 Å². The summed E-state index contributed by atoms with van der Waals surface area (Å²) in [4.78, 5) is 17.7. The van der Waals surface area contributed by atoms with E-state index < -0.39 is 0 Å². The SMILES string of the molecule is CCCCc1ccc(C(=O)N2CCC3(CC2)c2cccn2-c2ccc(OC)cc2N3C)cc1. The summed E-state index contributed by atoms with van der Waals surface area (Å²) >= 11 is 0. The van der Waals surface area contributed by atoms with Gasteiger partial charge in [-0.15, -0.1) is 0 Å². The zero-order valence-electron chi connectivity index (χ0n) is 19.9. The van der Waals surface area contributed by atoms with E-state index >= 15 is 0 Å². The van der Waals surface area contributed by atoms with Crippen molar-refractivity contribution in [2.75, 3.05) is 32.1 Å². The van der Waals surface area contributed by atoms with Crippen LogP contribution in [0.3, 0.4) is 0 Å². The molecule has 172 valence electrons. The number of carbonyl (C=O) groups excluding carboxylic acids is 1. The number of rotatable bonds is 5. The molecule has 0 unspecified atom stereocenters. The lowest BCUT2D eigenvalue weighted by Gasteiger charge is -2.51. The summed E-state index contributed by atoms with van der Waals surface area (Å²) in [6, 6.07) is 18.8. The average Bonchev–Trinajstić information content (AvgIpc) is 3.37. The molecule has 5 rings (SSSR count). The van der Waals surface area contributed by atoms with E-state index in [4.69, 9.17) is 4.74 Å². The number of likely N-dealkylation sites (tertiary alicyclic amines) is 1. The van der Waals surface area contributed by atoms with E-state index in [2.05, 4.69) is 66.0 Å². The normalized spacial score (nSPS) is 16.5. The van der Waals surface area contributed by atoms with Gasteiger partial charge in [-0.3, -0.25) is 4.79 Å². The first-order valence-electron chi connectivity index (χ1n) is 12.1. The maximum absolute atomic E-state index is 13.2. The largest absolute Gasteiger partial charge is 0.497 e. The van der Waals surface area contributed by atoms with Crippen molar-refractivity contribution >= 4 is 11.6 Å².